The quantitative estimate of drug-likeness (QED) is 0.786. The molecule has 2 aliphatic heterocycles. The van der Waals surface area contributed by atoms with Gasteiger partial charge in [0.05, 0.1) is 11.3 Å². The molecule has 0 aromatic heterocycles. The number of nitrogens with one attached hydrogen (secondary N) is 2. The second-order valence-electron chi connectivity index (χ2n) is 7.30. The molecule has 1 atom stereocenters. The van der Waals surface area contributed by atoms with Crippen molar-refractivity contribution in [2.24, 2.45) is 5.92 Å². The van der Waals surface area contributed by atoms with Crippen molar-refractivity contribution in [2.75, 3.05) is 32.7 Å². The van der Waals surface area contributed by atoms with Gasteiger partial charge in [-0.15, -0.1) is 0 Å². The van der Waals surface area contributed by atoms with E-state index in [9.17, 15) is 13.2 Å². The van der Waals surface area contributed by atoms with Gasteiger partial charge >= 0.3 is 0 Å². The van der Waals surface area contributed by atoms with Gasteiger partial charge < -0.3 is 10.6 Å². The minimum atomic E-state index is -3.41. The van der Waals surface area contributed by atoms with Gasteiger partial charge in [-0.2, -0.15) is 4.31 Å². The number of nitrogens with zero attached hydrogens (tertiary/aromatic N) is 1. The van der Waals surface area contributed by atoms with E-state index in [2.05, 4.69) is 10.6 Å². The number of hydrogen-bond donors (Lipinski definition) is 2. The zero-order chi connectivity index (χ0) is 18.4. The van der Waals surface area contributed by atoms with E-state index >= 15 is 0 Å². The lowest BCUT2D eigenvalue weighted by Gasteiger charge is -2.25. The number of sulfonamides is 1. The average molecular weight is 380 g/mol. The van der Waals surface area contributed by atoms with Crippen LogP contribution in [0.3, 0.4) is 0 Å². The van der Waals surface area contributed by atoms with Crippen molar-refractivity contribution in [3.8, 4) is 0 Å². The van der Waals surface area contributed by atoms with Crippen LogP contribution in [0.15, 0.2) is 29.2 Å². The van der Waals surface area contributed by atoms with Crippen molar-refractivity contribution in [3.63, 3.8) is 0 Å². The van der Waals surface area contributed by atoms with E-state index in [0.29, 0.717) is 30.4 Å². The summed E-state index contributed by atoms with van der Waals surface area (Å²) in [4.78, 5) is 12.4. The first kappa shape index (κ1) is 19.3. The molecule has 1 unspecified atom stereocenters. The summed E-state index contributed by atoms with van der Waals surface area (Å²) in [6, 6.07) is 6.74. The van der Waals surface area contributed by atoms with Crippen molar-refractivity contribution in [1.29, 1.82) is 0 Å². The van der Waals surface area contributed by atoms with E-state index in [1.165, 1.54) is 0 Å². The Morgan fingerprint density at radius 2 is 1.85 bits per heavy atom. The fourth-order valence-electron chi connectivity index (χ4n) is 3.64. The lowest BCUT2D eigenvalue weighted by atomic mass is 10.00. The van der Waals surface area contributed by atoms with Crippen LogP contribution in [0.5, 0.6) is 0 Å². The number of piperidine rings is 2. The minimum absolute atomic E-state index is 0.0118. The molecule has 144 valence electrons. The summed E-state index contributed by atoms with van der Waals surface area (Å²) in [5.74, 6) is 0.493. The van der Waals surface area contributed by atoms with Crippen LogP contribution in [-0.2, 0) is 21.2 Å². The molecule has 1 amide bonds. The molecular weight excluding hydrogens is 350 g/mol. The van der Waals surface area contributed by atoms with E-state index in [0.717, 1.165) is 50.8 Å². The van der Waals surface area contributed by atoms with Gasteiger partial charge in [-0.25, -0.2) is 8.42 Å². The van der Waals surface area contributed by atoms with Crippen LogP contribution >= 0.6 is 0 Å². The normalized spacial score (nSPS) is 22.1. The summed E-state index contributed by atoms with van der Waals surface area (Å²) < 4.78 is 26.8. The van der Waals surface area contributed by atoms with E-state index in [1.807, 2.05) is 0 Å². The van der Waals surface area contributed by atoms with Crippen LogP contribution < -0.4 is 10.6 Å². The molecule has 6 nitrogen and oxygen atoms in total. The third kappa shape index (κ3) is 5.05. The van der Waals surface area contributed by atoms with Crippen molar-refractivity contribution in [3.05, 3.63) is 29.8 Å². The molecular formula is C19H29N3O3S. The highest BCUT2D eigenvalue weighted by atomic mass is 32.2. The van der Waals surface area contributed by atoms with Gasteiger partial charge in [0.1, 0.15) is 0 Å². The standard InChI is InChI=1S/C19H29N3O3S/c23-19(21-15-17-5-4-10-20-14-17)13-16-6-8-18(9-7-16)26(24,25)22-11-2-1-3-12-22/h6-9,17,20H,1-5,10-15H2,(H,21,23). The minimum Gasteiger partial charge on any atom is -0.355 e. The first-order valence-electron chi connectivity index (χ1n) is 9.62. The Morgan fingerprint density at radius 1 is 1.12 bits per heavy atom. The summed E-state index contributed by atoms with van der Waals surface area (Å²) in [5, 5.41) is 6.34. The number of carbonyl (C=O) groups excluding carboxylic acids is 1. The van der Waals surface area contributed by atoms with E-state index in [1.54, 1.807) is 28.6 Å². The molecule has 7 heteroatoms. The molecule has 26 heavy (non-hydrogen) atoms. The van der Waals surface area contributed by atoms with Gasteiger partial charge in [0.2, 0.25) is 15.9 Å². The first-order valence-corrected chi connectivity index (χ1v) is 11.1. The van der Waals surface area contributed by atoms with Crippen LogP contribution in [0.1, 0.15) is 37.7 Å². The van der Waals surface area contributed by atoms with Gasteiger partial charge in [-0.05, 0) is 62.4 Å². The fraction of sp³-hybridized carbons (Fsp3) is 0.632. The highest BCUT2D eigenvalue weighted by molar-refractivity contribution is 7.89. The second kappa shape index (κ2) is 8.97. The van der Waals surface area contributed by atoms with Crippen LogP contribution in [0.4, 0.5) is 0 Å². The molecule has 2 aliphatic rings. The predicted octanol–water partition coefficient (Wildman–Crippen LogP) is 1.52. The largest absolute Gasteiger partial charge is 0.355 e. The molecule has 2 fully saturated rings. The first-order chi connectivity index (χ1) is 12.6. The number of benzene rings is 1. The predicted molar refractivity (Wildman–Crippen MR) is 101 cm³/mol. The van der Waals surface area contributed by atoms with E-state index in [4.69, 9.17) is 0 Å². The van der Waals surface area contributed by atoms with Crippen molar-refractivity contribution < 1.29 is 13.2 Å². The Morgan fingerprint density at radius 3 is 2.50 bits per heavy atom. The van der Waals surface area contributed by atoms with Gasteiger partial charge in [0.15, 0.2) is 0 Å². The van der Waals surface area contributed by atoms with Crippen molar-refractivity contribution in [1.82, 2.24) is 14.9 Å². The highest BCUT2D eigenvalue weighted by Crippen LogP contribution is 2.21. The smallest absolute Gasteiger partial charge is 0.243 e. The summed E-state index contributed by atoms with van der Waals surface area (Å²) >= 11 is 0. The molecule has 2 saturated heterocycles. The van der Waals surface area contributed by atoms with Crippen LogP contribution in [0.2, 0.25) is 0 Å². The number of amides is 1. The monoisotopic (exact) mass is 379 g/mol. The molecule has 2 heterocycles. The summed E-state index contributed by atoms with van der Waals surface area (Å²) in [6.45, 7) is 3.93. The van der Waals surface area contributed by atoms with E-state index < -0.39 is 10.0 Å². The summed E-state index contributed by atoms with van der Waals surface area (Å²) in [7, 11) is -3.41. The summed E-state index contributed by atoms with van der Waals surface area (Å²) in [6.07, 6.45) is 5.53. The number of hydrogen-bond acceptors (Lipinski definition) is 4. The maximum absolute atomic E-state index is 12.6. The van der Waals surface area contributed by atoms with Gasteiger partial charge in [-0.3, -0.25) is 4.79 Å². The third-order valence-corrected chi connectivity index (χ3v) is 7.14. The lowest BCUT2D eigenvalue weighted by molar-refractivity contribution is -0.120. The Balaban J connectivity index is 1.52. The van der Waals surface area contributed by atoms with Crippen molar-refractivity contribution >= 4 is 15.9 Å². The molecule has 1 aromatic carbocycles. The Kier molecular flexibility index (Phi) is 6.67. The number of carbonyl (C=O) groups is 1. The fourth-order valence-corrected chi connectivity index (χ4v) is 5.15. The Hall–Kier alpha value is -1.44. The molecule has 0 saturated carbocycles. The highest BCUT2D eigenvalue weighted by Gasteiger charge is 2.25. The van der Waals surface area contributed by atoms with Gasteiger partial charge in [0, 0.05) is 19.6 Å². The van der Waals surface area contributed by atoms with Gasteiger partial charge in [0.25, 0.3) is 0 Å². The summed E-state index contributed by atoms with van der Waals surface area (Å²) in [5.41, 5.74) is 0.835. The SMILES string of the molecule is O=C(Cc1ccc(S(=O)(=O)N2CCCCC2)cc1)NCC1CCCNC1. The van der Waals surface area contributed by atoms with Crippen LogP contribution in [0.25, 0.3) is 0 Å². The molecule has 2 N–H and O–H groups in total. The third-order valence-electron chi connectivity index (χ3n) is 5.23. The molecule has 0 radical (unpaired) electrons. The average Bonchev–Trinajstić information content (AvgIpc) is 2.68. The van der Waals surface area contributed by atoms with Crippen molar-refractivity contribution in [2.45, 2.75) is 43.4 Å². The Labute approximate surface area is 156 Å². The molecule has 3 rings (SSSR count). The second-order valence-corrected chi connectivity index (χ2v) is 9.24. The maximum Gasteiger partial charge on any atom is 0.243 e. The number of rotatable bonds is 6. The van der Waals surface area contributed by atoms with Crippen LogP contribution in [-0.4, -0.2) is 51.4 Å². The maximum atomic E-state index is 12.6. The Bertz CT molecular complexity index is 691. The van der Waals surface area contributed by atoms with Crippen LogP contribution in [0, 0.1) is 5.92 Å². The topological polar surface area (TPSA) is 78.5 Å². The lowest BCUT2D eigenvalue weighted by Crippen LogP contribution is -2.38. The molecule has 0 aliphatic carbocycles. The molecule has 1 aromatic rings. The van der Waals surface area contributed by atoms with Gasteiger partial charge in [-0.1, -0.05) is 18.6 Å². The zero-order valence-corrected chi connectivity index (χ0v) is 16.1. The van der Waals surface area contributed by atoms with E-state index in [-0.39, 0.29) is 12.3 Å². The molecule has 0 bridgehead atoms. The zero-order valence-electron chi connectivity index (χ0n) is 15.2. The molecule has 0 spiro atoms.